The third-order valence-corrected chi connectivity index (χ3v) is 12.9. The van der Waals surface area contributed by atoms with E-state index in [-0.39, 0.29) is 38.0 Å². The van der Waals surface area contributed by atoms with Gasteiger partial charge in [0.1, 0.15) is 23.9 Å². The minimum atomic E-state index is -1.25. The number of nitrogens with zero attached hydrogens (tertiary/aromatic N) is 6. The maximum atomic E-state index is 15.1. The summed E-state index contributed by atoms with van der Waals surface area (Å²) in [6.45, 7) is 3.94. The SMILES string of the molecule is Cc1c(-c2cc(N3C(=O)[C@@H]4C[C@@H]5C(=CCn6c(=O)n(-c7ccccc7)c(=O)n65)[C@H](c5ccc(OCCO)cc5)[C@]4(C)C3=O)n(C)n2)sc2ccc(Cl)cc12. The second-order valence-corrected chi connectivity index (χ2v) is 15.7. The molecule has 0 spiro atoms. The Morgan fingerprint density at radius 3 is 2.50 bits per heavy atom. The van der Waals surface area contributed by atoms with Crippen molar-refractivity contribution in [1.29, 1.82) is 0 Å². The highest BCUT2D eigenvalue weighted by Gasteiger charge is 2.66. The van der Waals surface area contributed by atoms with Crippen LogP contribution in [-0.2, 0) is 23.2 Å². The summed E-state index contributed by atoms with van der Waals surface area (Å²) >= 11 is 7.88. The smallest absolute Gasteiger partial charge is 0.352 e. The van der Waals surface area contributed by atoms with Gasteiger partial charge in [-0.05, 0) is 84.8 Å². The Bertz CT molecular complexity index is 2670. The van der Waals surface area contributed by atoms with Gasteiger partial charge in [-0.15, -0.1) is 11.3 Å². The number of rotatable bonds is 7. The van der Waals surface area contributed by atoms with Crippen molar-refractivity contribution >= 4 is 50.7 Å². The lowest BCUT2D eigenvalue weighted by molar-refractivity contribution is -0.129. The van der Waals surface area contributed by atoms with E-state index in [1.807, 2.05) is 56.3 Å². The van der Waals surface area contributed by atoms with Crippen molar-refractivity contribution in [2.45, 2.75) is 38.8 Å². The Morgan fingerprint density at radius 1 is 1.00 bits per heavy atom. The summed E-state index contributed by atoms with van der Waals surface area (Å²) in [6.07, 6.45) is 2.07. The lowest BCUT2D eigenvalue weighted by atomic mass is 9.56. The molecule has 1 aliphatic carbocycles. The van der Waals surface area contributed by atoms with Crippen LogP contribution >= 0.6 is 22.9 Å². The minimum Gasteiger partial charge on any atom is -0.491 e. The fourth-order valence-electron chi connectivity index (χ4n) is 8.81. The molecule has 6 aromatic rings. The van der Waals surface area contributed by atoms with E-state index in [0.717, 1.165) is 36.2 Å². The van der Waals surface area contributed by atoms with Gasteiger partial charge >= 0.3 is 11.4 Å². The number of carbonyl (C=O) groups is 2. The fraction of sp³-hybridized carbons (Fsp3) is 0.275. The van der Waals surface area contributed by atoms with Crippen LogP contribution in [0.4, 0.5) is 5.82 Å². The molecule has 5 heterocycles. The monoisotopic (exact) mass is 762 g/mol. The number of hydrogen-bond acceptors (Lipinski definition) is 8. The fourth-order valence-corrected chi connectivity index (χ4v) is 10.1. The van der Waals surface area contributed by atoms with Gasteiger partial charge in [0.25, 0.3) is 0 Å². The predicted molar refractivity (Wildman–Crippen MR) is 206 cm³/mol. The van der Waals surface area contributed by atoms with E-state index in [2.05, 4.69) is 0 Å². The van der Waals surface area contributed by atoms with Gasteiger partial charge in [-0.3, -0.25) is 14.3 Å². The van der Waals surface area contributed by atoms with Crippen molar-refractivity contribution in [3.63, 3.8) is 0 Å². The number of aryl methyl sites for hydroxylation is 2. The number of imide groups is 1. The molecule has 1 saturated carbocycles. The summed E-state index contributed by atoms with van der Waals surface area (Å²) in [5.74, 6) is -1.34. The number of amides is 2. The van der Waals surface area contributed by atoms with Gasteiger partial charge in [0.05, 0.1) is 41.1 Å². The molecule has 1 N–H and O–H groups in total. The van der Waals surface area contributed by atoms with Crippen LogP contribution in [0.1, 0.15) is 36.4 Å². The van der Waals surface area contributed by atoms with Gasteiger partial charge in [0.15, 0.2) is 0 Å². The van der Waals surface area contributed by atoms with E-state index in [1.54, 1.807) is 65.5 Å². The Kier molecular flexibility index (Phi) is 7.96. The highest BCUT2D eigenvalue weighted by Crippen LogP contribution is 2.61. The molecule has 0 radical (unpaired) electrons. The molecule has 2 fully saturated rings. The first-order valence-electron chi connectivity index (χ1n) is 17.7. The summed E-state index contributed by atoms with van der Waals surface area (Å²) in [5, 5.41) is 15.7. The van der Waals surface area contributed by atoms with Crippen LogP contribution in [0.5, 0.6) is 5.75 Å². The molecule has 274 valence electrons. The molecule has 54 heavy (non-hydrogen) atoms. The predicted octanol–water partition coefficient (Wildman–Crippen LogP) is 5.61. The van der Waals surface area contributed by atoms with Gasteiger partial charge in [0, 0.05) is 28.8 Å². The second-order valence-electron chi connectivity index (χ2n) is 14.2. The molecule has 3 aromatic heterocycles. The lowest BCUT2D eigenvalue weighted by Crippen LogP contribution is -2.49. The standard InChI is InChI=1S/C40H35ClN6O6S/c1-22-28-19-24(41)11-14-32(28)54-35(22)30-21-33(43(3)42-30)46-36(49)29-20-31-27(15-16-44-38(51)45(39(52)47(31)44)25-7-5-4-6-8-25)34(40(29,2)37(46)50)23-9-12-26(13-10-23)53-18-17-48/h4-15,19,21,29,31,34,48H,16-18,20H2,1-3H3/t29-,31+,34-,40+/m0/s1. The Hall–Kier alpha value is -5.50. The zero-order valence-corrected chi connectivity index (χ0v) is 31.2. The largest absolute Gasteiger partial charge is 0.491 e. The number of fused-ring (bicyclic) bond motifs is 5. The van der Waals surface area contributed by atoms with Crippen LogP contribution in [0.15, 0.2) is 100 Å². The van der Waals surface area contributed by atoms with Crippen LogP contribution in [-0.4, -0.2) is 53.8 Å². The Labute approximate surface area is 317 Å². The van der Waals surface area contributed by atoms with Crippen LogP contribution < -0.4 is 21.0 Å². The highest BCUT2D eigenvalue weighted by molar-refractivity contribution is 7.22. The molecule has 1 saturated heterocycles. The number of ether oxygens (including phenoxy) is 1. The second kappa shape index (κ2) is 12.5. The van der Waals surface area contributed by atoms with Gasteiger partial charge in [-0.2, -0.15) is 5.10 Å². The van der Waals surface area contributed by atoms with Gasteiger partial charge in [-0.1, -0.05) is 48.0 Å². The molecule has 3 aliphatic rings. The molecule has 14 heteroatoms. The van der Waals surface area contributed by atoms with Crippen molar-refractivity contribution < 1.29 is 19.4 Å². The first kappa shape index (κ1) is 34.3. The van der Waals surface area contributed by atoms with Crippen molar-refractivity contribution in [1.82, 2.24) is 23.7 Å². The average molecular weight is 763 g/mol. The first-order valence-corrected chi connectivity index (χ1v) is 18.9. The number of anilines is 1. The van der Waals surface area contributed by atoms with E-state index in [9.17, 15) is 19.5 Å². The number of para-hydroxylation sites is 1. The molecular formula is C40H35ClN6O6S. The van der Waals surface area contributed by atoms with Crippen LogP contribution in [0, 0.1) is 18.3 Å². The summed E-state index contributed by atoms with van der Waals surface area (Å²) in [6, 6.07) is 22.9. The summed E-state index contributed by atoms with van der Waals surface area (Å²) in [5.41, 5.74) is 1.38. The molecule has 3 aromatic carbocycles. The zero-order chi connectivity index (χ0) is 37.6. The van der Waals surface area contributed by atoms with E-state index >= 15 is 4.79 Å². The first-order chi connectivity index (χ1) is 26.0. The molecule has 0 unspecified atom stereocenters. The van der Waals surface area contributed by atoms with E-state index in [0.29, 0.717) is 28.0 Å². The number of benzene rings is 3. The number of halogens is 1. The number of allylic oxidation sites excluding steroid dienone is 2. The number of aliphatic hydroxyl groups is 1. The maximum Gasteiger partial charge on any atom is 0.352 e. The molecule has 12 nitrogen and oxygen atoms in total. The molecule has 4 atom stereocenters. The van der Waals surface area contributed by atoms with E-state index in [1.165, 1.54) is 14.3 Å². The quantitative estimate of drug-likeness (QED) is 0.165. The van der Waals surface area contributed by atoms with Gasteiger partial charge in [0.2, 0.25) is 11.8 Å². The summed E-state index contributed by atoms with van der Waals surface area (Å²) < 4.78 is 12.3. The molecule has 0 bridgehead atoms. The number of aromatic nitrogens is 5. The topological polar surface area (TPSA) is 134 Å². The van der Waals surface area contributed by atoms with E-state index < -0.39 is 34.7 Å². The van der Waals surface area contributed by atoms with Crippen molar-refractivity contribution in [3.05, 3.63) is 128 Å². The number of aliphatic hydroxyl groups excluding tert-OH is 1. The maximum absolute atomic E-state index is 15.1. The highest BCUT2D eigenvalue weighted by atomic mass is 35.5. The van der Waals surface area contributed by atoms with Crippen LogP contribution in [0.25, 0.3) is 26.3 Å². The normalized spacial score (nSPS) is 22.0. The Balaban J connectivity index is 1.18. The van der Waals surface area contributed by atoms with Gasteiger partial charge in [-0.25, -0.2) is 28.4 Å². The molecule has 2 amide bonds. The number of carbonyl (C=O) groups excluding carboxylic acids is 2. The van der Waals surface area contributed by atoms with E-state index in [4.69, 9.17) is 21.4 Å². The van der Waals surface area contributed by atoms with Crippen molar-refractivity contribution in [3.8, 4) is 22.0 Å². The molecule has 2 aliphatic heterocycles. The van der Waals surface area contributed by atoms with Gasteiger partial charge < -0.3 is 9.84 Å². The Morgan fingerprint density at radius 2 is 1.76 bits per heavy atom. The zero-order valence-electron chi connectivity index (χ0n) is 29.6. The summed E-state index contributed by atoms with van der Waals surface area (Å²) in [7, 11) is 1.72. The molecule has 9 rings (SSSR count). The lowest BCUT2D eigenvalue weighted by Gasteiger charge is -2.47. The van der Waals surface area contributed by atoms with Crippen LogP contribution in [0.3, 0.4) is 0 Å². The third-order valence-electron chi connectivity index (χ3n) is 11.3. The van der Waals surface area contributed by atoms with Crippen molar-refractivity contribution in [2.24, 2.45) is 18.4 Å². The number of thiophene rings is 1. The third kappa shape index (κ3) is 4.88. The molecular weight excluding hydrogens is 728 g/mol. The van der Waals surface area contributed by atoms with Crippen molar-refractivity contribution in [2.75, 3.05) is 18.1 Å². The minimum absolute atomic E-state index is 0.116. The number of hydrogen-bond donors (Lipinski definition) is 1. The average Bonchev–Trinajstić information content (AvgIpc) is 3.84. The summed E-state index contributed by atoms with van der Waals surface area (Å²) in [4.78, 5) is 60.1. The van der Waals surface area contributed by atoms with Crippen LogP contribution in [0.2, 0.25) is 5.02 Å².